The lowest BCUT2D eigenvalue weighted by Gasteiger charge is -2.38. The standard InChI is InChI=1S/C18H27NO3S/c1-23(21,22)17-11-5-4-10-16(17)19-13-18(20)12-6-8-14-7-2-3-9-15(14)18/h2-3,7,9,16-17,19-20H,4-6,8,10-13H2,1H3. The van der Waals surface area contributed by atoms with Crippen molar-refractivity contribution in [1.82, 2.24) is 5.32 Å². The molecular weight excluding hydrogens is 310 g/mol. The van der Waals surface area contributed by atoms with Gasteiger partial charge in [-0.15, -0.1) is 0 Å². The number of sulfone groups is 1. The number of hydrogen-bond donors (Lipinski definition) is 2. The molecule has 2 aliphatic carbocycles. The van der Waals surface area contributed by atoms with Crippen LogP contribution in [0.4, 0.5) is 0 Å². The summed E-state index contributed by atoms with van der Waals surface area (Å²) in [6, 6.07) is 8.02. The molecule has 0 bridgehead atoms. The first-order valence-corrected chi connectivity index (χ1v) is 10.6. The Morgan fingerprint density at radius 3 is 2.74 bits per heavy atom. The van der Waals surface area contributed by atoms with Gasteiger partial charge in [0.05, 0.1) is 5.25 Å². The molecule has 3 rings (SSSR count). The number of aliphatic hydroxyl groups is 1. The molecule has 0 saturated heterocycles. The Morgan fingerprint density at radius 2 is 1.96 bits per heavy atom. The zero-order chi connectivity index (χ0) is 16.5. The first kappa shape index (κ1) is 16.9. The average molecular weight is 337 g/mol. The second-order valence-corrected chi connectivity index (χ2v) is 9.45. The molecule has 0 heterocycles. The Balaban J connectivity index is 1.75. The van der Waals surface area contributed by atoms with Gasteiger partial charge < -0.3 is 10.4 Å². The van der Waals surface area contributed by atoms with E-state index >= 15 is 0 Å². The van der Waals surface area contributed by atoms with E-state index in [-0.39, 0.29) is 11.3 Å². The highest BCUT2D eigenvalue weighted by molar-refractivity contribution is 7.91. The van der Waals surface area contributed by atoms with Crippen molar-refractivity contribution in [3.63, 3.8) is 0 Å². The molecule has 1 fully saturated rings. The number of hydrogen-bond acceptors (Lipinski definition) is 4. The van der Waals surface area contributed by atoms with Crippen LogP contribution in [0.1, 0.15) is 49.7 Å². The smallest absolute Gasteiger partial charge is 0.151 e. The summed E-state index contributed by atoms with van der Waals surface area (Å²) < 4.78 is 24.0. The minimum atomic E-state index is -3.05. The molecule has 1 saturated carbocycles. The maximum atomic E-state index is 12.0. The summed E-state index contributed by atoms with van der Waals surface area (Å²) in [5.74, 6) is 0. The fourth-order valence-corrected chi connectivity index (χ4v) is 5.65. The van der Waals surface area contributed by atoms with Crippen LogP contribution in [-0.2, 0) is 21.9 Å². The average Bonchev–Trinajstić information content (AvgIpc) is 2.53. The van der Waals surface area contributed by atoms with Gasteiger partial charge in [0.2, 0.25) is 0 Å². The summed E-state index contributed by atoms with van der Waals surface area (Å²) in [7, 11) is -3.05. The highest BCUT2D eigenvalue weighted by Gasteiger charge is 2.37. The van der Waals surface area contributed by atoms with Gasteiger partial charge in [-0.05, 0) is 43.2 Å². The van der Waals surface area contributed by atoms with Gasteiger partial charge in [0.1, 0.15) is 5.60 Å². The predicted molar refractivity (Wildman–Crippen MR) is 92.2 cm³/mol. The normalized spacial score (nSPS) is 31.6. The third-order valence-electron chi connectivity index (χ3n) is 5.46. The maximum Gasteiger partial charge on any atom is 0.151 e. The molecule has 5 heteroatoms. The Hall–Kier alpha value is -0.910. The molecule has 4 nitrogen and oxygen atoms in total. The molecule has 0 aromatic heterocycles. The molecule has 2 N–H and O–H groups in total. The van der Waals surface area contributed by atoms with Crippen molar-refractivity contribution in [1.29, 1.82) is 0 Å². The second-order valence-electron chi connectivity index (χ2n) is 7.18. The van der Waals surface area contributed by atoms with Crippen LogP contribution in [0.15, 0.2) is 24.3 Å². The number of fused-ring (bicyclic) bond motifs is 1. The van der Waals surface area contributed by atoms with Gasteiger partial charge in [-0.1, -0.05) is 37.1 Å². The molecule has 23 heavy (non-hydrogen) atoms. The molecule has 1 aromatic rings. The molecule has 1 aromatic carbocycles. The summed E-state index contributed by atoms with van der Waals surface area (Å²) >= 11 is 0. The first-order valence-electron chi connectivity index (χ1n) is 8.63. The zero-order valence-electron chi connectivity index (χ0n) is 13.8. The minimum absolute atomic E-state index is 0.0446. The monoisotopic (exact) mass is 337 g/mol. The highest BCUT2D eigenvalue weighted by Crippen LogP contribution is 2.35. The maximum absolute atomic E-state index is 12.0. The van der Waals surface area contributed by atoms with Gasteiger partial charge in [0.15, 0.2) is 9.84 Å². The quantitative estimate of drug-likeness (QED) is 0.883. The van der Waals surface area contributed by atoms with E-state index in [2.05, 4.69) is 11.4 Å². The summed E-state index contributed by atoms with van der Waals surface area (Å²) in [6.45, 7) is 0.431. The number of benzene rings is 1. The highest BCUT2D eigenvalue weighted by atomic mass is 32.2. The molecule has 0 amide bonds. The summed E-state index contributed by atoms with van der Waals surface area (Å²) in [4.78, 5) is 0. The number of nitrogens with one attached hydrogen (secondary N) is 1. The van der Waals surface area contributed by atoms with Gasteiger partial charge in [-0.2, -0.15) is 0 Å². The van der Waals surface area contributed by atoms with Crippen molar-refractivity contribution in [2.75, 3.05) is 12.8 Å². The van der Waals surface area contributed by atoms with Gasteiger partial charge in [0.25, 0.3) is 0 Å². The van der Waals surface area contributed by atoms with Gasteiger partial charge in [-0.25, -0.2) is 8.42 Å². The summed E-state index contributed by atoms with van der Waals surface area (Å²) in [6.07, 6.45) is 7.67. The van der Waals surface area contributed by atoms with Crippen LogP contribution >= 0.6 is 0 Å². The van der Waals surface area contributed by atoms with Gasteiger partial charge in [-0.3, -0.25) is 0 Å². The van der Waals surface area contributed by atoms with E-state index in [1.54, 1.807) is 0 Å². The molecule has 0 aliphatic heterocycles. The van der Waals surface area contributed by atoms with Crippen LogP contribution < -0.4 is 5.32 Å². The van der Waals surface area contributed by atoms with Crippen molar-refractivity contribution in [3.05, 3.63) is 35.4 Å². The third kappa shape index (κ3) is 3.62. The molecule has 2 aliphatic rings. The van der Waals surface area contributed by atoms with Gasteiger partial charge in [0, 0.05) is 18.8 Å². The van der Waals surface area contributed by atoms with E-state index in [4.69, 9.17) is 0 Å². The summed E-state index contributed by atoms with van der Waals surface area (Å²) in [5.41, 5.74) is 1.34. The van der Waals surface area contributed by atoms with Crippen LogP contribution in [0, 0.1) is 0 Å². The van der Waals surface area contributed by atoms with E-state index in [0.717, 1.165) is 50.5 Å². The van der Waals surface area contributed by atoms with Crippen molar-refractivity contribution in [2.24, 2.45) is 0 Å². The Morgan fingerprint density at radius 1 is 1.22 bits per heavy atom. The van der Waals surface area contributed by atoms with E-state index in [0.29, 0.717) is 6.54 Å². The number of aryl methyl sites for hydroxylation is 1. The fourth-order valence-electron chi connectivity index (χ4n) is 4.22. The van der Waals surface area contributed by atoms with Crippen molar-refractivity contribution < 1.29 is 13.5 Å². The minimum Gasteiger partial charge on any atom is -0.384 e. The molecule has 3 unspecified atom stereocenters. The molecule has 0 radical (unpaired) electrons. The van der Waals surface area contributed by atoms with Crippen molar-refractivity contribution in [2.45, 2.75) is 61.8 Å². The molecule has 0 spiro atoms. The predicted octanol–water partition coefficient (Wildman–Crippen LogP) is 2.16. The number of rotatable bonds is 4. The van der Waals surface area contributed by atoms with E-state index in [1.807, 2.05) is 18.2 Å². The second kappa shape index (κ2) is 6.54. The van der Waals surface area contributed by atoms with Crippen LogP contribution in [0.5, 0.6) is 0 Å². The fraction of sp³-hybridized carbons (Fsp3) is 0.667. The van der Waals surface area contributed by atoms with Crippen LogP contribution in [-0.4, -0.2) is 37.6 Å². The van der Waals surface area contributed by atoms with Crippen LogP contribution in [0.2, 0.25) is 0 Å². The topological polar surface area (TPSA) is 66.4 Å². The van der Waals surface area contributed by atoms with E-state index < -0.39 is 15.4 Å². The van der Waals surface area contributed by atoms with E-state index in [1.165, 1.54) is 11.8 Å². The van der Waals surface area contributed by atoms with Gasteiger partial charge >= 0.3 is 0 Å². The third-order valence-corrected chi connectivity index (χ3v) is 7.13. The zero-order valence-corrected chi connectivity index (χ0v) is 14.6. The molecular formula is C18H27NO3S. The Labute approximate surface area is 139 Å². The first-order chi connectivity index (χ1) is 10.9. The van der Waals surface area contributed by atoms with Crippen molar-refractivity contribution in [3.8, 4) is 0 Å². The van der Waals surface area contributed by atoms with E-state index in [9.17, 15) is 13.5 Å². The molecule has 128 valence electrons. The Kier molecular flexibility index (Phi) is 4.81. The van der Waals surface area contributed by atoms with Crippen molar-refractivity contribution >= 4 is 9.84 Å². The lowest BCUT2D eigenvalue weighted by atomic mass is 9.79. The summed E-state index contributed by atoms with van der Waals surface area (Å²) in [5, 5.41) is 14.2. The molecule has 3 atom stereocenters. The largest absolute Gasteiger partial charge is 0.384 e. The van der Waals surface area contributed by atoms with Crippen LogP contribution in [0.25, 0.3) is 0 Å². The van der Waals surface area contributed by atoms with Crippen LogP contribution in [0.3, 0.4) is 0 Å². The lowest BCUT2D eigenvalue weighted by Crippen LogP contribution is -2.51. The lowest BCUT2D eigenvalue weighted by molar-refractivity contribution is 0.0156. The Bertz CT molecular complexity index is 658. The SMILES string of the molecule is CS(=O)(=O)C1CCCCC1NCC1(O)CCCc2ccccc21.